The van der Waals surface area contributed by atoms with E-state index in [0.717, 1.165) is 12.8 Å². The first-order chi connectivity index (χ1) is 7.09. The van der Waals surface area contributed by atoms with E-state index in [9.17, 15) is 4.79 Å². The normalized spacial score (nSPS) is 16.2. The Hall–Kier alpha value is -0.830. The summed E-state index contributed by atoms with van der Waals surface area (Å²) in [5.74, 6) is 0.0925. The van der Waals surface area contributed by atoms with Crippen LogP contribution in [-0.4, -0.2) is 28.9 Å². The van der Waals surface area contributed by atoms with E-state index in [1.807, 2.05) is 18.7 Å². The van der Waals surface area contributed by atoms with Crippen LogP contribution in [0.3, 0.4) is 0 Å². The molecule has 1 aliphatic carbocycles. The molecule has 1 saturated carbocycles. The zero-order valence-corrected chi connectivity index (χ0v) is 9.83. The summed E-state index contributed by atoms with van der Waals surface area (Å²) in [7, 11) is 0. The summed E-state index contributed by atoms with van der Waals surface area (Å²) >= 11 is 0. The topological polar surface area (TPSA) is 46.3 Å². The molecule has 1 amide bonds. The van der Waals surface area contributed by atoms with E-state index in [1.165, 1.54) is 0 Å². The molecule has 0 unspecified atom stereocenters. The van der Waals surface area contributed by atoms with Gasteiger partial charge < -0.3 is 10.6 Å². The molecule has 15 heavy (non-hydrogen) atoms. The summed E-state index contributed by atoms with van der Waals surface area (Å²) in [6, 6.07) is 0.413. The van der Waals surface area contributed by atoms with Crippen molar-refractivity contribution in [2.45, 2.75) is 51.1 Å². The third kappa shape index (κ3) is 2.59. The van der Waals surface area contributed by atoms with Crippen molar-refractivity contribution < 1.29 is 4.79 Å². The molecular formula is C12H22N2O. The van der Waals surface area contributed by atoms with Crippen molar-refractivity contribution in [1.29, 1.82) is 0 Å². The highest BCUT2D eigenvalue weighted by Gasteiger charge is 2.40. The van der Waals surface area contributed by atoms with Crippen molar-refractivity contribution in [2.24, 2.45) is 5.73 Å². The molecular weight excluding hydrogens is 188 g/mol. The van der Waals surface area contributed by atoms with Gasteiger partial charge in [0.25, 0.3) is 0 Å². The average molecular weight is 210 g/mol. The number of rotatable bonds is 6. The zero-order chi connectivity index (χ0) is 11.5. The lowest BCUT2D eigenvalue weighted by Gasteiger charge is -2.32. The predicted octanol–water partition coefficient (Wildman–Crippen LogP) is 1.68. The molecule has 0 saturated heterocycles. The Morgan fingerprint density at radius 1 is 1.53 bits per heavy atom. The second-order valence-corrected chi connectivity index (χ2v) is 4.34. The first-order valence-corrected chi connectivity index (χ1v) is 5.80. The fourth-order valence-corrected chi connectivity index (χ4v) is 1.76. The first-order valence-electron chi connectivity index (χ1n) is 5.80. The maximum Gasteiger partial charge on any atom is 0.243 e. The van der Waals surface area contributed by atoms with Crippen molar-refractivity contribution in [1.82, 2.24) is 4.90 Å². The summed E-state index contributed by atoms with van der Waals surface area (Å²) in [5, 5.41) is 0. The van der Waals surface area contributed by atoms with Gasteiger partial charge in [-0.2, -0.15) is 0 Å². The highest BCUT2D eigenvalue weighted by Crippen LogP contribution is 2.29. The molecule has 0 aromatic heterocycles. The van der Waals surface area contributed by atoms with Gasteiger partial charge >= 0.3 is 0 Å². The van der Waals surface area contributed by atoms with E-state index in [2.05, 4.69) is 6.58 Å². The predicted molar refractivity (Wildman–Crippen MR) is 62.4 cm³/mol. The first kappa shape index (κ1) is 12.2. The van der Waals surface area contributed by atoms with Gasteiger partial charge in [0.05, 0.1) is 5.54 Å². The van der Waals surface area contributed by atoms with E-state index < -0.39 is 5.54 Å². The van der Waals surface area contributed by atoms with Crippen LogP contribution < -0.4 is 5.73 Å². The van der Waals surface area contributed by atoms with E-state index in [4.69, 9.17) is 5.73 Å². The molecule has 0 radical (unpaired) electrons. The van der Waals surface area contributed by atoms with E-state index >= 15 is 0 Å². The van der Waals surface area contributed by atoms with Crippen molar-refractivity contribution in [2.75, 3.05) is 6.54 Å². The van der Waals surface area contributed by atoms with Gasteiger partial charge in [-0.1, -0.05) is 19.9 Å². The molecule has 0 atom stereocenters. The van der Waals surface area contributed by atoms with Crippen molar-refractivity contribution in [3.63, 3.8) is 0 Å². The Morgan fingerprint density at radius 3 is 2.40 bits per heavy atom. The number of carbonyl (C=O) groups is 1. The highest BCUT2D eigenvalue weighted by molar-refractivity contribution is 5.86. The summed E-state index contributed by atoms with van der Waals surface area (Å²) < 4.78 is 0. The lowest BCUT2D eigenvalue weighted by molar-refractivity contribution is -0.137. The lowest BCUT2D eigenvalue weighted by Crippen LogP contribution is -2.55. The maximum atomic E-state index is 12.3. The Kier molecular flexibility index (Phi) is 3.91. The minimum Gasteiger partial charge on any atom is -0.334 e. The van der Waals surface area contributed by atoms with Crippen LogP contribution in [0, 0.1) is 0 Å². The van der Waals surface area contributed by atoms with Crippen molar-refractivity contribution in [3.05, 3.63) is 12.7 Å². The SMILES string of the molecule is C=CCN(C(=O)C(N)(CC)CC)C1CC1. The van der Waals surface area contributed by atoms with Crippen LogP contribution in [-0.2, 0) is 4.79 Å². The quantitative estimate of drug-likeness (QED) is 0.678. The molecule has 0 aromatic carbocycles. The smallest absolute Gasteiger partial charge is 0.243 e. The van der Waals surface area contributed by atoms with Gasteiger partial charge in [0.15, 0.2) is 0 Å². The molecule has 1 aliphatic rings. The summed E-state index contributed by atoms with van der Waals surface area (Å²) in [5.41, 5.74) is 5.44. The Bertz CT molecular complexity index is 242. The molecule has 1 rings (SSSR count). The molecule has 0 bridgehead atoms. The molecule has 0 heterocycles. The van der Waals surface area contributed by atoms with Crippen LogP contribution in [0.1, 0.15) is 39.5 Å². The largest absolute Gasteiger partial charge is 0.334 e. The molecule has 0 aromatic rings. The van der Waals surface area contributed by atoms with E-state index in [0.29, 0.717) is 25.4 Å². The van der Waals surface area contributed by atoms with Gasteiger partial charge in [0.2, 0.25) is 5.91 Å². The number of nitrogens with two attached hydrogens (primary N) is 1. The van der Waals surface area contributed by atoms with Gasteiger partial charge in [0.1, 0.15) is 0 Å². The number of nitrogens with zero attached hydrogens (tertiary/aromatic N) is 1. The van der Waals surface area contributed by atoms with Crippen LogP contribution in [0.4, 0.5) is 0 Å². The monoisotopic (exact) mass is 210 g/mol. The van der Waals surface area contributed by atoms with Crippen molar-refractivity contribution in [3.8, 4) is 0 Å². The van der Waals surface area contributed by atoms with Crippen LogP contribution >= 0.6 is 0 Å². The second kappa shape index (κ2) is 4.79. The molecule has 2 N–H and O–H groups in total. The lowest BCUT2D eigenvalue weighted by atomic mass is 9.92. The number of amides is 1. The molecule has 0 aliphatic heterocycles. The molecule has 3 heteroatoms. The summed E-state index contributed by atoms with van der Waals surface area (Å²) in [4.78, 5) is 14.1. The second-order valence-electron chi connectivity index (χ2n) is 4.34. The van der Waals surface area contributed by atoms with Gasteiger partial charge in [0, 0.05) is 12.6 Å². The van der Waals surface area contributed by atoms with Crippen LogP contribution in [0.25, 0.3) is 0 Å². The molecule has 3 nitrogen and oxygen atoms in total. The molecule has 86 valence electrons. The number of hydrogen-bond donors (Lipinski definition) is 1. The van der Waals surface area contributed by atoms with Gasteiger partial charge in [-0.15, -0.1) is 6.58 Å². The fourth-order valence-electron chi connectivity index (χ4n) is 1.76. The minimum atomic E-state index is -0.675. The Labute approximate surface area is 92.3 Å². The summed E-state index contributed by atoms with van der Waals surface area (Å²) in [6.07, 6.45) is 5.40. The van der Waals surface area contributed by atoms with E-state index in [1.54, 1.807) is 6.08 Å². The Balaban J connectivity index is 2.73. The van der Waals surface area contributed by atoms with Gasteiger partial charge in [-0.3, -0.25) is 4.79 Å². The fraction of sp³-hybridized carbons (Fsp3) is 0.750. The Morgan fingerprint density at radius 2 is 2.07 bits per heavy atom. The van der Waals surface area contributed by atoms with Gasteiger partial charge in [-0.05, 0) is 25.7 Å². The molecule has 0 spiro atoms. The highest BCUT2D eigenvalue weighted by atomic mass is 16.2. The summed E-state index contributed by atoms with van der Waals surface area (Å²) in [6.45, 7) is 8.26. The molecule has 1 fully saturated rings. The van der Waals surface area contributed by atoms with Crippen LogP contribution in [0.2, 0.25) is 0 Å². The standard InChI is InChI=1S/C12H22N2O/c1-4-9-14(10-7-8-10)11(15)12(13,5-2)6-3/h4,10H,1,5-9,13H2,2-3H3. The number of carbonyl (C=O) groups excluding carboxylic acids is 1. The number of hydrogen-bond acceptors (Lipinski definition) is 2. The van der Waals surface area contributed by atoms with Crippen LogP contribution in [0.5, 0.6) is 0 Å². The third-order valence-electron chi connectivity index (χ3n) is 3.26. The third-order valence-corrected chi connectivity index (χ3v) is 3.26. The van der Waals surface area contributed by atoms with Crippen LogP contribution in [0.15, 0.2) is 12.7 Å². The van der Waals surface area contributed by atoms with Gasteiger partial charge in [-0.25, -0.2) is 0 Å². The maximum absolute atomic E-state index is 12.3. The minimum absolute atomic E-state index is 0.0925. The van der Waals surface area contributed by atoms with E-state index in [-0.39, 0.29) is 5.91 Å². The zero-order valence-electron chi connectivity index (χ0n) is 9.83. The average Bonchev–Trinajstić information content (AvgIpc) is 3.07. The van der Waals surface area contributed by atoms with Crippen molar-refractivity contribution >= 4 is 5.91 Å².